The second-order valence-corrected chi connectivity index (χ2v) is 6.49. The van der Waals surface area contributed by atoms with Gasteiger partial charge in [-0.2, -0.15) is 0 Å². The van der Waals surface area contributed by atoms with Crippen LogP contribution in [0.1, 0.15) is 37.6 Å². The second kappa shape index (κ2) is 7.87. The minimum Gasteiger partial charge on any atom is -0.369 e. The van der Waals surface area contributed by atoms with Gasteiger partial charge in [0.1, 0.15) is 11.6 Å². The maximum Gasteiger partial charge on any atom is 0.147 e. The molecule has 2 rings (SSSR count). The summed E-state index contributed by atoms with van der Waals surface area (Å²) < 4.78 is 0. The van der Waals surface area contributed by atoms with Crippen LogP contribution in [0.3, 0.4) is 0 Å². The lowest BCUT2D eigenvalue weighted by molar-refractivity contribution is 0.759. The Morgan fingerprint density at radius 1 is 1.24 bits per heavy atom. The molecule has 0 bridgehead atoms. The quantitative estimate of drug-likeness (QED) is 0.663. The molecule has 2 N–H and O–H groups in total. The van der Waals surface area contributed by atoms with E-state index >= 15 is 0 Å². The van der Waals surface area contributed by atoms with E-state index in [4.69, 9.17) is 23.2 Å². The number of hydrogen-bond donors (Lipinski definition) is 2. The van der Waals surface area contributed by atoms with Crippen LogP contribution >= 0.6 is 34.5 Å². The Bertz CT molecular complexity index is 573. The fraction of sp³-hybridized carbons (Fsp3) is 0.400. The number of hydrogen-bond acceptors (Lipinski definition) is 4. The zero-order chi connectivity index (χ0) is 15.2. The molecule has 1 unspecified atom stereocenters. The van der Waals surface area contributed by atoms with Crippen molar-refractivity contribution in [2.75, 3.05) is 17.2 Å². The average Bonchev–Trinajstić information content (AvgIpc) is 2.99. The molecule has 114 valence electrons. The van der Waals surface area contributed by atoms with Crippen molar-refractivity contribution in [3.63, 3.8) is 0 Å². The lowest BCUT2D eigenvalue weighted by Gasteiger charge is -2.18. The molecule has 21 heavy (non-hydrogen) atoms. The number of nitrogens with zero attached hydrogens (tertiary/aromatic N) is 1. The molecule has 0 saturated heterocycles. The van der Waals surface area contributed by atoms with Crippen LogP contribution in [0.15, 0.2) is 23.6 Å². The predicted molar refractivity (Wildman–Crippen MR) is 94.0 cm³/mol. The largest absolute Gasteiger partial charge is 0.369 e. The fourth-order valence-corrected chi connectivity index (χ4v) is 3.31. The highest BCUT2D eigenvalue weighted by molar-refractivity contribution is 7.10. The molecule has 0 aliphatic rings. The van der Waals surface area contributed by atoms with Crippen molar-refractivity contribution in [2.24, 2.45) is 0 Å². The van der Waals surface area contributed by atoms with Gasteiger partial charge in [0, 0.05) is 11.4 Å². The van der Waals surface area contributed by atoms with E-state index in [1.165, 1.54) is 4.88 Å². The first kappa shape index (κ1) is 16.4. The molecule has 3 nitrogen and oxygen atoms in total. The Kier molecular flexibility index (Phi) is 6.15. The Morgan fingerprint density at radius 2 is 2.00 bits per heavy atom. The lowest BCUT2D eigenvalue weighted by Crippen LogP contribution is -2.11. The summed E-state index contributed by atoms with van der Waals surface area (Å²) in [5.74, 6) is 1.34. The summed E-state index contributed by atoms with van der Waals surface area (Å²) in [5, 5.41) is 9.79. The molecule has 0 saturated carbocycles. The summed E-state index contributed by atoms with van der Waals surface area (Å²) in [5.41, 5.74) is 0. The minimum atomic E-state index is 0.204. The Morgan fingerprint density at radius 3 is 2.62 bits per heavy atom. The van der Waals surface area contributed by atoms with E-state index in [9.17, 15) is 0 Å². The molecule has 2 aromatic rings. The number of thiophene rings is 1. The molecular weight excluding hydrogens is 325 g/mol. The first-order valence-corrected chi connectivity index (χ1v) is 8.69. The average molecular weight is 344 g/mol. The zero-order valence-electron chi connectivity index (χ0n) is 12.1. The molecule has 0 aliphatic carbocycles. The third-order valence-corrected chi connectivity index (χ3v) is 4.64. The summed E-state index contributed by atoms with van der Waals surface area (Å²) in [6, 6.07) is 6.11. The van der Waals surface area contributed by atoms with Crippen LogP contribution in [0.5, 0.6) is 0 Å². The molecule has 0 amide bonds. The van der Waals surface area contributed by atoms with Gasteiger partial charge >= 0.3 is 0 Å². The molecule has 0 aliphatic heterocycles. The number of anilines is 2. The lowest BCUT2D eigenvalue weighted by atomic mass is 10.2. The van der Waals surface area contributed by atoms with Gasteiger partial charge in [0.05, 0.1) is 16.1 Å². The molecule has 1 atom stereocenters. The van der Waals surface area contributed by atoms with Gasteiger partial charge in [-0.1, -0.05) is 43.1 Å². The van der Waals surface area contributed by atoms with Crippen molar-refractivity contribution in [1.82, 2.24) is 4.98 Å². The predicted octanol–water partition coefficient (Wildman–Crippen LogP) is 5.84. The van der Waals surface area contributed by atoms with Crippen LogP contribution in [0, 0.1) is 0 Å². The number of aromatic nitrogens is 1. The highest BCUT2D eigenvalue weighted by Gasteiger charge is 2.15. The SMILES string of the molecule is CCCNc1nc(NC(CC)c2cccs2)c(Cl)cc1Cl. The first-order valence-electron chi connectivity index (χ1n) is 7.05. The molecule has 6 heteroatoms. The highest BCUT2D eigenvalue weighted by Crippen LogP contribution is 2.33. The molecule has 2 heterocycles. The first-order chi connectivity index (χ1) is 10.2. The van der Waals surface area contributed by atoms with Crippen LogP contribution in [-0.2, 0) is 0 Å². The standard InChI is InChI=1S/C15H19Cl2N3S/c1-3-7-18-14-10(16)9-11(17)15(20-14)19-12(4-2)13-6-5-8-21-13/h5-6,8-9,12H,3-4,7H2,1-2H3,(H2,18,19,20). The van der Waals surface area contributed by atoms with Gasteiger partial charge in [0.2, 0.25) is 0 Å². The van der Waals surface area contributed by atoms with E-state index in [1.807, 2.05) is 0 Å². The van der Waals surface area contributed by atoms with Gasteiger partial charge in [-0.05, 0) is 30.4 Å². The molecule has 2 aromatic heterocycles. The van der Waals surface area contributed by atoms with E-state index in [-0.39, 0.29) is 6.04 Å². The van der Waals surface area contributed by atoms with Crippen LogP contribution in [-0.4, -0.2) is 11.5 Å². The van der Waals surface area contributed by atoms with E-state index in [0.717, 1.165) is 19.4 Å². The third-order valence-electron chi connectivity index (χ3n) is 3.08. The zero-order valence-corrected chi connectivity index (χ0v) is 14.4. The Labute approximate surface area is 139 Å². The van der Waals surface area contributed by atoms with Gasteiger partial charge < -0.3 is 10.6 Å². The van der Waals surface area contributed by atoms with Crippen molar-refractivity contribution >= 4 is 46.2 Å². The van der Waals surface area contributed by atoms with Crippen molar-refractivity contribution in [1.29, 1.82) is 0 Å². The normalized spacial score (nSPS) is 12.2. The van der Waals surface area contributed by atoms with Crippen molar-refractivity contribution < 1.29 is 0 Å². The van der Waals surface area contributed by atoms with E-state index in [2.05, 4.69) is 47.0 Å². The number of rotatable bonds is 7. The maximum absolute atomic E-state index is 6.26. The number of nitrogens with one attached hydrogen (secondary N) is 2. The summed E-state index contributed by atoms with van der Waals surface area (Å²) in [4.78, 5) is 5.80. The van der Waals surface area contributed by atoms with Crippen molar-refractivity contribution in [3.8, 4) is 0 Å². The van der Waals surface area contributed by atoms with Gasteiger partial charge in [-0.25, -0.2) is 4.98 Å². The summed E-state index contributed by atoms with van der Waals surface area (Å²) in [6.45, 7) is 5.06. The van der Waals surface area contributed by atoms with Gasteiger partial charge in [0.25, 0.3) is 0 Å². The van der Waals surface area contributed by atoms with E-state index < -0.39 is 0 Å². The third kappa shape index (κ3) is 4.25. The molecular formula is C15H19Cl2N3S. The van der Waals surface area contributed by atoms with E-state index in [1.54, 1.807) is 17.4 Å². The molecule has 0 fully saturated rings. The maximum atomic E-state index is 6.26. The fourth-order valence-electron chi connectivity index (χ4n) is 1.96. The summed E-state index contributed by atoms with van der Waals surface area (Å²) in [7, 11) is 0. The van der Waals surface area contributed by atoms with Crippen LogP contribution < -0.4 is 10.6 Å². The Hall–Kier alpha value is -0.970. The minimum absolute atomic E-state index is 0.204. The van der Waals surface area contributed by atoms with E-state index in [0.29, 0.717) is 21.7 Å². The molecule has 0 radical (unpaired) electrons. The summed E-state index contributed by atoms with van der Waals surface area (Å²) >= 11 is 14.2. The van der Waals surface area contributed by atoms with Crippen molar-refractivity contribution in [3.05, 3.63) is 38.5 Å². The second-order valence-electron chi connectivity index (χ2n) is 4.70. The summed E-state index contributed by atoms with van der Waals surface area (Å²) in [6.07, 6.45) is 1.97. The number of pyridine rings is 1. The highest BCUT2D eigenvalue weighted by atomic mass is 35.5. The van der Waals surface area contributed by atoms with Gasteiger partial charge in [-0.3, -0.25) is 0 Å². The molecule has 0 aromatic carbocycles. The van der Waals surface area contributed by atoms with Crippen molar-refractivity contribution in [2.45, 2.75) is 32.7 Å². The number of halogens is 2. The molecule has 0 spiro atoms. The smallest absolute Gasteiger partial charge is 0.147 e. The Balaban J connectivity index is 2.22. The van der Waals surface area contributed by atoms with Gasteiger partial charge in [-0.15, -0.1) is 11.3 Å². The van der Waals surface area contributed by atoms with Crippen LogP contribution in [0.2, 0.25) is 10.0 Å². The van der Waals surface area contributed by atoms with Crippen LogP contribution in [0.25, 0.3) is 0 Å². The van der Waals surface area contributed by atoms with Crippen LogP contribution in [0.4, 0.5) is 11.6 Å². The van der Waals surface area contributed by atoms with Gasteiger partial charge in [0.15, 0.2) is 0 Å². The monoisotopic (exact) mass is 343 g/mol. The topological polar surface area (TPSA) is 37.0 Å².